The van der Waals surface area contributed by atoms with Crippen molar-refractivity contribution >= 4 is 17.5 Å². The fourth-order valence-electron chi connectivity index (χ4n) is 3.95. The van der Waals surface area contributed by atoms with Gasteiger partial charge in [-0.05, 0) is 35.4 Å². The molecule has 1 atom stereocenters. The summed E-state index contributed by atoms with van der Waals surface area (Å²) in [6.07, 6.45) is 0. The molecule has 1 aliphatic heterocycles. The van der Waals surface area contributed by atoms with Gasteiger partial charge in [-0.25, -0.2) is 4.39 Å². The first kappa shape index (κ1) is 18.6. The maximum Gasteiger partial charge on any atom is 0.273 e. The topological polar surface area (TPSA) is 49.0 Å². The van der Waals surface area contributed by atoms with Crippen LogP contribution < -0.4 is 0 Å². The summed E-state index contributed by atoms with van der Waals surface area (Å²) in [7, 11) is 0. The Morgan fingerprint density at radius 2 is 1.67 bits per heavy atom. The number of rotatable bonds is 4. The number of carbonyl (C=O) groups is 1. The van der Waals surface area contributed by atoms with Gasteiger partial charge in [-0.3, -0.25) is 9.89 Å². The Balaban J connectivity index is 1.63. The van der Waals surface area contributed by atoms with Gasteiger partial charge < -0.3 is 4.90 Å². The van der Waals surface area contributed by atoms with Gasteiger partial charge in [0.15, 0.2) is 0 Å². The summed E-state index contributed by atoms with van der Waals surface area (Å²) in [4.78, 5) is 15.1. The molecular weight excluding hydrogens is 401 g/mol. The van der Waals surface area contributed by atoms with Crippen molar-refractivity contribution in [3.05, 3.63) is 112 Å². The normalized spacial score (nSPS) is 15.5. The van der Waals surface area contributed by atoms with Gasteiger partial charge in [0.25, 0.3) is 5.91 Å². The molecule has 0 bridgehead atoms. The number of halogens is 2. The van der Waals surface area contributed by atoms with Crippen molar-refractivity contribution in [1.82, 2.24) is 15.1 Å². The molecule has 2 heterocycles. The summed E-state index contributed by atoms with van der Waals surface area (Å²) in [5.41, 5.74) is 4.80. The van der Waals surface area contributed by atoms with Crippen LogP contribution in [0.3, 0.4) is 0 Å². The molecule has 0 aliphatic carbocycles. The van der Waals surface area contributed by atoms with Crippen molar-refractivity contribution in [1.29, 1.82) is 0 Å². The summed E-state index contributed by atoms with van der Waals surface area (Å²) >= 11 is 6.10. The third-order valence-electron chi connectivity index (χ3n) is 5.36. The van der Waals surface area contributed by atoms with Gasteiger partial charge in [0, 0.05) is 22.7 Å². The predicted octanol–water partition coefficient (Wildman–Crippen LogP) is 5.61. The van der Waals surface area contributed by atoms with E-state index >= 15 is 0 Å². The maximum absolute atomic E-state index is 13.4. The lowest BCUT2D eigenvalue weighted by molar-refractivity contribution is 0.0730. The van der Waals surface area contributed by atoms with Gasteiger partial charge >= 0.3 is 0 Å². The average Bonchev–Trinajstić information content (AvgIpc) is 3.31. The van der Waals surface area contributed by atoms with Gasteiger partial charge in [0.2, 0.25) is 0 Å². The number of benzene rings is 3. The summed E-state index contributed by atoms with van der Waals surface area (Å²) in [6, 6.07) is 23.1. The lowest BCUT2D eigenvalue weighted by Crippen LogP contribution is -2.29. The number of nitrogens with zero attached hydrogens (tertiary/aromatic N) is 2. The number of aromatic amines is 1. The van der Waals surface area contributed by atoms with Crippen LogP contribution in [0.1, 0.15) is 33.2 Å². The van der Waals surface area contributed by atoms with Crippen LogP contribution in [-0.2, 0) is 6.54 Å². The molecule has 1 unspecified atom stereocenters. The molecule has 1 N–H and O–H groups in total. The van der Waals surface area contributed by atoms with E-state index in [9.17, 15) is 9.18 Å². The predicted molar refractivity (Wildman–Crippen MR) is 114 cm³/mol. The minimum Gasteiger partial charge on any atom is -0.322 e. The standard InChI is InChI=1S/C24H17ClFN3O/c25-18-10-8-17(9-11-18)23-20-21(16-4-2-1-3-5-16)27-28-22(20)24(30)29(23)14-15-6-12-19(26)13-7-15/h1-13,23H,14H2,(H,27,28). The molecule has 4 aromatic rings. The molecule has 0 fully saturated rings. The van der Waals surface area contributed by atoms with E-state index in [4.69, 9.17) is 11.6 Å². The van der Waals surface area contributed by atoms with Crippen LogP contribution in [0.2, 0.25) is 5.02 Å². The van der Waals surface area contributed by atoms with Crippen molar-refractivity contribution in [3.63, 3.8) is 0 Å². The molecule has 1 amide bonds. The number of hydrogen-bond acceptors (Lipinski definition) is 2. The van der Waals surface area contributed by atoms with Gasteiger partial charge in [-0.2, -0.15) is 5.10 Å². The van der Waals surface area contributed by atoms with E-state index in [1.165, 1.54) is 12.1 Å². The number of nitrogens with one attached hydrogen (secondary N) is 1. The quantitative estimate of drug-likeness (QED) is 0.469. The van der Waals surface area contributed by atoms with Crippen molar-refractivity contribution < 1.29 is 9.18 Å². The molecule has 6 heteroatoms. The van der Waals surface area contributed by atoms with Gasteiger partial charge in [0.1, 0.15) is 11.5 Å². The molecule has 0 spiro atoms. The third-order valence-corrected chi connectivity index (χ3v) is 5.61. The van der Waals surface area contributed by atoms with Crippen LogP contribution in [0.4, 0.5) is 4.39 Å². The van der Waals surface area contributed by atoms with E-state index in [0.717, 1.165) is 27.9 Å². The highest BCUT2D eigenvalue weighted by atomic mass is 35.5. The molecule has 148 valence electrons. The first-order chi connectivity index (χ1) is 14.6. The van der Waals surface area contributed by atoms with Crippen LogP contribution in [0, 0.1) is 5.82 Å². The number of H-pyrrole nitrogens is 1. The van der Waals surface area contributed by atoms with Crippen LogP contribution >= 0.6 is 11.6 Å². The van der Waals surface area contributed by atoms with E-state index in [2.05, 4.69) is 10.2 Å². The zero-order valence-electron chi connectivity index (χ0n) is 15.8. The lowest BCUT2D eigenvalue weighted by atomic mass is 9.96. The fourth-order valence-corrected chi connectivity index (χ4v) is 4.08. The molecule has 30 heavy (non-hydrogen) atoms. The molecule has 1 aromatic heterocycles. The maximum atomic E-state index is 13.4. The zero-order chi connectivity index (χ0) is 20.7. The largest absolute Gasteiger partial charge is 0.322 e. The third kappa shape index (κ3) is 3.17. The Kier molecular flexibility index (Phi) is 4.60. The van der Waals surface area contributed by atoms with Gasteiger partial charge in [0.05, 0.1) is 11.7 Å². The second-order valence-electron chi connectivity index (χ2n) is 7.24. The second-order valence-corrected chi connectivity index (χ2v) is 7.68. The summed E-state index contributed by atoms with van der Waals surface area (Å²) < 4.78 is 13.4. The second kappa shape index (κ2) is 7.43. The Labute approximate surface area is 177 Å². The Morgan fingerprint density at radius 1 is 0.967 bits per heavy atom. The molecule has 0 saturated heterocycles. The number of amides is 1. The molecule has 0 saturated carbocycles. The van der Waals surface area contributed by atoms with E-state index in [1.807, 2.05) is 54.6 Å². The highest BCUT2D eigenvalue weighted by Crippen LogP contribution is 2.43. The first-order valence-corrected chi connectivity index (χ1v) is 9.94. The average molecular weight is 418 g/mol. The number of hydrogen-bond donors (Lipinski definition) is 1. The monoisotopic (exact) mass is 417 g/mol. The van der Waals surface area contributed by atoms with Gasteiger partial charge in [-0.15, -0.1) is 0 Å². The van der Waals surface area contributed by atoms with Crippen LogP contribution in [0.25, 0.3) is 11.3 Å². The fraction of sp³-hybridized carbons (Fsp3) is 0.0833. The lowest BCUT2D eigenvalue weighted by Gasteiger charge is -2.26. The van der Waals surface area contributed by atoms with E-state index in [-0.39, 0.29) is 17.8 Å². The molecule has 1 aliphatic rings. The van der Waals surface area contributed by atoms with Crippen LogP contribution in [-0.4, -0.2) is 21.0 Å². The van der Waals surface area contributed by atoms with Gasteiger partial charge in [-0.1, -0.05) is 66.2 Å². The zero-order valence-corrected chi connectivity index (χ0v) is 16.6. The minimum absolute atomic E-state index is 0.135. The summed E-state index contributed by atoms with van der Waals surface area (Å²) in [6.45, 7) is 0.350. The highest BCUT2D eigenvalue weighted by molar-refractivity contribution is 6.30. The molecular formula is C24H17ClFN3O. The van der Waals surface area contributed by atoms with Crippen molar-refractivity contribution in [2.45, 2.75) is 12.6 Å². The smallest absolute Gasteiger partial charge is 0.273 e. The highest BCUT2D eigenvalue weighted by Gasteiger charge is 2.42. The van der Waals surface area contributed by atoms with Crippen LogP contribution in [0.5, 0.6) is 0 Å². The summed E-state index contributed by atoms with van der Waals surface area (Å²) in [5, 5.41) is 8.03. The minimum atomic E-state index is -0.330. The molecule has 4 nitrogen and oxygen atoms in total. The molecule has 3 aromatic carbocycles. The van der Waals surface area contributed by atoms with Crippen LogP contribution in [0.15, 0.2) is 78.9 Å². The number of aromatic nitrogens is 2. The Bertz CT molecular complexity index is 1200. The summed E-state index contributed by atoms with van der Waals surface area (Å²) in [5.74, 6) is -0.439. The number of fused-ring (bicyclic) bond motifs is 1. The first-order valence-electron chi connectivity index (χ1n) is 9.56. The van der Waals surface area contributed by atoms with E-state index < -0.39 is 0 Å². The van der Waals surface area contributed by atoms with Crippen molar-refractivity contribution in [3.8, 4) is 11.3 Å². The van der Waals surface area contributed by atoms with Crippen molar-refractivity contribution in [2.24, 2.45) is 0 Å². The molecule has 5 rings (SSSR count). The van der Waals surface area contributed by atoms with E-state index in [0.29, 0.717) is 17.3 Å². The Morgan fingerprint density at radius 3 is 2.37 bits per heavy atom. The van der Waals surface area contributed by atoms with E-state index in [1.54, 1.807) is 17.0 Å². The molecule has 0 radical (unpaired) electrons. The van der Waals surface area contributed by atoms with Crippen molar-refractivity contribution in [2.75, 3.05) is 0 Å². The Hall–Kier alpha value is -3.44. The number of carbonyl (C=O) groups excluding carboxylic acids is 1. The SMILES string of the molecule is O=C1c2[nH]nc(-c3ccccc3)c2C(c2ccc(Cl)cc2)N1Cc1ccc(F)cc1.